The summed E-state index contributed by atoms with van der Waals surface area (Å²) in [6, 6.07) is 8.30. The molecule has 2 unspecified atom stereocenters. The molecule has 7 nitrogen and oxygen atoms in total. The number of fused-ring (bicyclic) bond motifs is 2. The van der Waals surface area contributed by atoms with E-state index in [2.05, 4.69) is 15.5 Å². The third kappa shape index (κ3) is 3.63. The van der Waals surface area contributed by atoms with E-state index in [0.717, 1.165) is 26.7 Å². The highest BCUT2D eigenvalue weighted by atomic mass is 19.4. The maximum absolute atomic E-state index is 14.1. The Bertz CT molecular complexity index is 1380. The summed E-state index contributed by atoms with van der Waals surface area (Å²) in [5.74, 6) is 1.29. The highest BCUT2D eigenvalue weighted by Crippen LogP contribution is 2.45. The summed E-state index contributed by atoms with van der Waals surface area (Å²) in [5.41, 5.74) is 3.84. The number of halogens is 3. The van der Waals surface area contributed by atoms with Crippen molar-refractivity contribution in [3.63, 3.8) is 0 Å². The van der Waals surface area contributed by atoms with E-state index in [4.69, 9.17) is 9.47 Å². The number of nitrogens with zero attached hydrogens (tertiary/aromatic N) is 4. The smallest absolute Gasteiger partial charge is 0.410 e. The van der Waals surface area contributed by atoms with Crippen molar-refractivity contribution in [2.45, 2.75) is 31.6 Å². The number of benzene rings is 2. The number of methoxy groups -OCH3 is 2. The molecule has 4 aromatic rings. The summed E-state index contributed by atoms with van der Waals surface area (Å²) >= 11 is 0. The van der Waals surface area contributed by atoms with Crippen LogP contribution in [0.15, 0.2) is 42.6 Å². The Balaban J connectivity index is 1.57. The fraction of sp³-hybridized carbons (Fsp3) is 0.333. The second kappa shape index (κ2) is 7.96. The zero-order valence-corrected chi connectivity index (χ0v) is 19.1. The number of nitrogens with one attached hydrogen (secondary N) is 1. The van der Waals surface area contributed by atoms with Gasteiger partial charge in [-0.1, -0.05) is 6.07 Å². The Morgan fingerprint density at radius 1 is 1.06 bits per heavy atom. The summed E-state index contributed by atoms with van der Waals surface area (Å²) in [4.78, 5) is 0. The van der Waals surface area contributed by atoms with Gasteiger partial charge in [-0.25, -0.2) is 4.68 Å². The van der Waals surface area contributed by atoms with Gasteiger partial charge < -0.3 is 14.8 Å². The summed E-state index contributed by atoms with van der Waals surface area (Å²) in [5, 5.41) is 12.8. The van der Waals surface area contributed by atoms with Gasteiger partial charge in [-0.2, -0.15) is 23.4 Å². The minimum Gasteiger partial charge on any atom is -0.493 e. The molecule has 2 atom stereocenters. The number of aromatic nitrogens is 4. The van der Waals surface area contributed by atoms with Crippen molar-refractivity contribution in [3.05, 3.63) is 53.7 Å². The molecule has 1 aliphatic rings. The molecule has 2 aromatic heterocycles. The number of aryl methyl sites for hydroxylation is 2. The Morgan fingerprint density at radius 3 is 2.53 bits per heavy atom. The summed E-state index contributed by atoms with van der Waals surface area (Å²) in [6.45, 7) is 1.95. The van der Waals surface area contributed by atoms with Crippen LogP contribution in [0.2, 0.25) is 0 Å². The van der Waals surface area contributed by atoms with Crippen LogP contribution >= 0.6 is 0 Å². The topological polar surface area (TPSA) is 66.1 Å². The van der Waals surface area contributed by atoms with E-state index < -0.39 is 18.3 Å². The van der Waals surface area contributed by atoms with Gasteiger partial charge in [-0.05, 0) is 42.3 Å². The van der Waals surface area contributed by atoms with E-state index in [0.29, 0.717) is 28.6 Å². The minimum absolute atomic E-state index is 0.201. The molecule has 0 radical (unpaired) electrons. The molecule has 0 spiro atoms. The average Bonchev–Trinajstić information content (AvgIpc) is 3.41. The zero-order chi connectivity index (χ0) is 24.2. The molecule has 2 aromatic carbocycles. The SMILES string of the molecule is COc1ccc(C2CC(C(F)(F)F)n3nc(-c4cc(C)c5c(cnn5C)c4)cc3N2)cc1OC. The van der Waals surface area contributed by atoms with Crippen molar-refractivity contribution in [1.29, 1.82) is 0 Å². The first-order valence-electron chi connectivity index (χ1n) is 10.8. The summed E-state index contributed by atoms with van der Waals surface area (Å²) < 4.78 is 55.8. The van der Waals surface area contributed by atoms with Gasteiger partial charge in [-0.3, -0.25) is 4.68 Å². The normalized spacial score (nSPS) is 18.0. The van der Waals surface area contributed by atoms with Crippen LogP contribution in [0.3, 0.4) is 0 Å². The predicted octanol–water partition coefficient (Wildman–Crippen LogP) is 5.42. The van der Waals surface area contributed by atoms with Gasteiger partial charge in [0, 0.05) is 30.5 Å². The predicted molar refractivity (Wildman–Crippen MR) is 122 cm³/mol. The highest BCUT2D eigenvalue weighted by molar-refractivity contribution is 5.87. The van der Waals surface area contributed by atoms with Gasteiger partial charge in [-0.15, -0.1) is 0 Å². The second-order valence-electron chi connectivity index (χ2n) is 8.46. The van der Waals surface area contributed by atoms with Crippen LogP contribution in [0.25, 0.3) is 22.2 Å². The molecule has 1 aliphatic heterocycles. The van der Waals surface area contributed by atoms with Crippen molar-refractivity contribution in [1.82, 2.24) is 19.6 Å². The molecule has 0 amide bonds. The monoisotopic (exact) mass is 471 g/mol. The van der Waals surface area contributed by atoms with Gasteiger partial charge in [0.25, 0.3) is 0 Å². The Labute approximate surface area is 194 Å². The number of hydrogen-bond acceptors (Lipinski definition) is 5. The first-order chi connectivity index (χ1) is 16.2. The summed E-state index contributed by atoms with van der Waals surface area (Å²) in [6.07, 6.45) is -2.92. The largest absolute Gasteiger partial charge is 0.493 e. The molecular weight excluding hydrogens is 447 g/mol. The lowest BCUT2D eigenvalue weighted by Gasteiger charge is -2.33. The van der Waals surface area contributed by atoms with Crippen molar-refractivity contribution in [3.8, 4) is 22.8 Å². The van der Waals surface area contributed by atoms with Crippen LogP contribution in [0.5, 0.6) is 11.5 Å². The molecule has 1 N–H and O–H groups in total. The molecule has 10 heteroatoms. The molecule has 178 valence electrons. The molecular formula is C24H24F3N5O2. The molecule has 0 fully saturated rings. The number of anilines is 1. The van der Waals surface area contributed by atoms with Crippen molar-refractivity contribution in [2.24, 2.45) is 7.05 Å². The number of hydrogen-bond donors (Lipinski definition) is 1. The van der Waals surface area contributed by atoms with Crippen LogP contribution in [0, 0.1) is 6.92 Å². The standard InChI is InChI=1S/C24H24F3N5O2/c1-13-7-15(8-16-12-28-31(2)23(13)16)18-11-22-29-17(10-21(24(25,26)27)32(22)30-18)14-5-6-19(33-3)20(9-14)34-4/h5-9,11-12,17,21,29H,10H2,1-4H3. The fourth-order valence-electron chi connectivity index (χ4n) is 4.70. The van der Waals surface area contributed by atoms with Crippen LogP contribution in [0.4, 0.5) is 19.0 Å². The van der Waals surface area contributed by atoms with Crippen LogP contribution in [-0.4, -0.2) is 40.0 Å². The fourth-order valence-corrected chi connectivity index (χ4v) is 4.70. The van der Waals surface area contributed by atoms with Crippen LogP contribution in [0.1, 0.15) is 29.6 Å². The lowest BCUT2D eigenvalue weighted by molar-refractivity contribution is -0.173. The van der Waals surface area contributed by atoms with E-state index in [1.54, 1.807) is 35.1 Å². The Hall–Kier alpha value is -3.69. The quantitative estimate of drug-likeness (QED) is 0.430. The molecule has 3 heterocycles. The van der Waals surface area contributed by atoms with Crippen molar-refractivity contribution < 1.29 is 22.6 Å². The van der Waals surface area contributed by atoms with E-state index in [1.165, 1.54) is 14.2 Å². The number of rotatable bonds is 4. The Kier molecular flexibility index (Phi) is 5.18. The van der Waals surface area contributed by atoms with Crippen LogP contribution in [-0.2, 0) is 7.05 Å². The van der Waals surface area contributed by atoms with E-state index in [1.807, 2.05) is 26.1 Å². The van der Waals surface area contributed by atoms with Gasteiger partial charge in [0.05, 0.1) is 37.7 Å². The third-order valence-corrected chi connectivity index (χ3v) is 6.32. The van der Waals surface area contributed by atoms with E-state index >= 15 is 0 Å². The molecule has 0 bridgehead atoms. The van der Waals surface area contributed by atoms with E-state index in [-0.39, 0.29) is 6.42 Å². The average molecular weight is 471 g/mol. The lowest BCUT2D eigenvalue weighted by Crippen LogP contribution is -2.35. The maximum atomic E-state index is 14.1. The minimum atomic E-state index is -4.46. The molecule has 0 aliphatic carbocycles. The molecule has 0 saturated heterocycles. The first-order valence-corrected chi connectivity index (χ1v) is 10.8. The van der Waals surface area contributed by atoms with Crippen molar-refractivity contribution in [2.75, 3.05) is 19.5 Å². The third-order valence-electron chi connectivity index (χ3n) is 6.32. The molecule has 34 heavy (non-hydrogen) atoms. The number of ether oxygens (including phenoxy) is 2. The molecule has 5 rings (SSSR count). The Morgan fingerprint density at radius 2 is 1.82 bits per heavy atom. The lowest BCUT2D eigenvalue weighted by atomic mass is 9.96. The van der Waals surface area contributed by atoms with Gasteiger partial charge in [0.1, 0.15) is 5.82 Å². The summed E-state index contributed by atoms with van der Waals surface area (Å²) in [7, 11) is 4.87. The van der Waals surface area contributed by atoms with Gasteiger partial charge >= 0.3 is 6.18 Å². The maximum Gasteiger partial charge on any atom is 0.410 e. The van der Waals surface area contributed by atoms with E-state index in [9.17, 15) is 13.2 Å². The second-order valence-corrected chi connectivity index (χ2v) is 8.46. The first kappa shape index (κ1) is 22.1. The van der Waals surface area contributed by atoms with Crippen molar-refractivity contribution >= 4 is 16.7 Å². The van der Waals surface area contributed by atoms with Crippen LogP contribution < -0.4 is 14.8 Å². The zero-order valence-electron chi connectivity index (χ0n) is 19.1. The van der Waals surface area contributed by atoms with Gasteiger partial charge in [0.15, 0.2) is 17.5 Å². The number of alkyl halides is 3. The van der Waals surface area contributed by atoms with Gasteiger partial charge in [0.2, 0.25) is 0 Å². The highest BCUT2D eigenvalue weighted by Gasteiger charge is 2.46. The molecule has 0 saturated carbocycles.